The minimum absolute atomic E-state index is 0.415. The summed E-state index contributed by atoms with van der Waals surface area (Å²) in [5.74, 6) is 0.885. The average Bonchev–Trinajstić information content (AvgIpc) is 3.02. The van der Waals surface area contributed by atoms with Crippen molar-refractivity contribution in [1.82, 2.24) is 20.0 Å². The summed E-state index contributed by atoms with van der Waals surface area (Å²) in [7, 11) is 0. The zero-order chi connectivity index (χ0) is 13.1. The number of aromatic nitrogens is 4. The van der Waals surface area contributed by atoms with Gasteiger partial charge in [-0.2, -0.15) is 5.26 Å². The van der Waals surface area contributed by atoms with E-state index >= 15 is 0 Å². The van der Waals surface area contributed by atoms with Gasteiger partial charge in [-0.25, -0.2) is 9.67 Å². The van der Waals surface area contributed by atoms with Gasteiger partial charge in [0.1, 0.15) is 17.6 Å². The molecule has 0 amide bonds. The summed E-state index contributed by atoms with van der Waals surface area (Å²) in [6.45, 7) is 1.85. The second-order valence-electron chi connectivity index (χ2n) is 4.59. The molecule has 0 N–H and O–H groups in total. The lowest BCUT2D eigenvalue weighted by Crippen LogP contribution is -2.35. The van der Waals surface area contributed by atoms with Crippen LogP contribution in [0, 0.1) is 11.3 Å². The molecular formula is C13H14N6. The molecule has 3 heterocycles. The van der Waals surface area contributed by atoms with Crippen LogP contribution in [0.2, 0.25) is 0 Å². The minimum Gasteiger partial charge on any atom is -0.356 e. The number of piperidine rings is 1. The van der Waals surface area contributed by atoms with E-state index < -0.39 is 0 Å². The predicted octanol–water partition coefficient (Wildman–Crippen LogP) is 1.39. The summed E-state index contributed by atoms with van der Waals surface area (Å²) in [6, 6.07) is 8.05. The summed E-state index contributed by atoms with van der Waals surface area (Å²) in [6.07, 6.45) is 5.66. The normalized spacial score (nSPS) is 16.3. The molecular weight excluding hydrogens is 240 g/mol. The maximum atomic E-state index is 8.88. The van der Waals surface area contributed by atoms with Crippen molar-refractivity contribution in [3.05, 3.63) is 36.3 Å². The van der Waals surface area contributed by atoms with Gasteiger partial charge in [0.05, 0.1) is 12.2 Å². The molecule has 6 nitrogen and oxygen atoms in total. The fourth-order valence-corrected chi connectivity index (χ4v) is 2.43. The first-order valence-corrected chi connectivity index (χ1v) is 6.35. The van der Waals surface area contributed by atoms with Gasteiger partial charge in [-0.3, -0.25) is 0 Å². The van der Waals surface area contributed by atoms with Gasteiger partial charge in [0, 0.05) is 19.3 Å². The monoisotopic (exact) mass is 254 g/mol. The van der Waals surface area contributed by atoms with Gasteiger partial charge in [0.25, 0.3) is 0 Å². The molecule has 1 aliphatic heterocycles. The molecule has 0 atom stereocenters. The maximum absolute atomic E-state index is 8.88. The van der Waals surface area contributed by atoms with Crippen molar-refractivity contribution in [3.63, 3.8) is 0 Å². The van der Waals surface area contributed by atoms with Crippen LogP contribution >= 0.6 is 0 Å². The van der Waals surface area contributed by atoms with Gasteiger partial charge >= 0.3 is 0 Å². The number of hydrogen-bond acceptors (Lipinski definition) is 5. The first-order chi connectivity index (χ1) is 9.36. The lowest BCUT2D eigenvalue weighted by molar-refractivity contribution is 0.359. The Morgan fingerprint density at radius 1 is 1.26 bits per heavy atom. The Labute approximate surface area is 111 Å². The van der Waals surface area contributed by atoms with Crippen LogP contribution in [0.5, 0.6) is 0 Å². The van der Waals surface area contributed by atoms with Crippen LogP contribution < -0.4 is 4.90 Å². The van der Waals surface area contributed by atoms with Crippen molar-refractivity contribution in [2.45, 2.75) is 18.9 Å². The van der Waals surface area contributed by atoms with E-state index in [1.165, 1.54) is 0 Å². The third-order valence-electron chi connectivity index (χ3n) is 3.45. The molecule has 0 aromatic carbocycles. The van der Waals surface area contributed by atoms with E-state index in [1.807, 2.05) is 23.0 Å². The highest BCUT2D eigenvalue weighted by atomic mass is 15.4. The smallest absolute Gasteiger partial charge is 0.142 e. The Bertz CT molecular complexity index is 577. The summed E-state index contributed by atoms with van der Waals surface area (Å²) < 4.78 is 1.93. The molecule has 0 unspecified atom stereocenters. The maximum Gasteiger partial charge on any atom is 0.142 e. The second kappa shape index (κ2) is 5.06. The molecule has 1 aliphatic rings. The number of pyridine rings is 1. The lowest BCUT2D eigenvalue weighted by atomic mass is 10.1. The predicted molar refractivity (Wildman–Crippen MR) is 69.5 cm³/mol. The summed E-state index contributed by atoms with van der Waals surface area (Å²) in [4.78, 5) is 6.55. The van der Waals surface area contributed by atoms with E-state index in [9.17, 15) is 0 Å². The van der Waals surface area contributed by atoms with Crippen LogP contribution in [0.4, 0.5) is 5.82 Å². The Kier molecular flexibility index (Phi) is 3.11. The van der Waals surface area contributed by atoms with Gasteiger partial charge in [-0.1, -0.05) is 11.3 Å². The Balaban J connectivity index is 1.68. The third-order valence-corrected chi connectivity index (χ3v) is 3.45. The highest BCUT2D eigenvalue weighted by molar-refractivity contribution is 5.41. The summed E-state index contributed by atoms with van der Waals surface area (Å²) in [5, 5.41) is 16.8. The topological polar surface area (TPSA) is 70.6 Å². The number of rotatable bonds is 2. The zero-order valence-corrected chi connectivity index (χ0v) is 10.5. The van der Waals surface area contributed by atoms with E-state index in [1.54, 1.807) is 12.3 Å². The van der Waals surface area contributed by atoms with Crippen molar-refractivity contribution >= 4 is 5.82 Å². The molecule has 0 radical (unpaired) electrons. The standard InChI is InChI=1S/C13H14N6/c14-10-11-2-1-3-13(16-11)18-7-4-12(5-8-18)19-9-6-15-17-19/h1-3,6,9,12H,4-5,7-8H2. The highest BCUT2D eigenvalue weighted by Crippen LogP contribution is 2.24. The fraction of sp³-hybridized carbons (Fsp3) is 0.385. The highest BCUT2D eigenvalue weighted by Gasteiger charge is 2.21. The van der Waals surface area contributed by atoms with Gasteiger partial charge in [0.15, 0.2) is 0 Å². The summed E-state index contributed by atoms with van der Waals surface area (Å²) >= 11 is 0. The summed E-state index contributed by atoms with van der Waals surface area (Å²) in [5.41, 5.74) is 0.468. The molecule has 3 rings (SSSR count). The molecule has 0 aliphatic carbocycles. The van der Waals surface area contributed by atoms with E-state index in [0.717, 1.165) is 31.7 Å². The van der Waals surface area contributed by atoms with Crippen molar-refractivity contribution in [2.24, 2.45) is 0 Å². The molecule has 2 aromatic heterocycles. The Hall–Kier alpha value is -2.42. The largest absolute Gasteiger partial charge is 0.356 e. The molecule has 96 valence electrons. The molecule has 2 aromatic rings. The van der Waals surface area contributed by atoms with Crippen LogP contribution in [-0.2, 0) is 0 Å². The van der Waals surface area contributed by atoms with Gasteiger partial charge < -0.3 is 4.90 Å². The quantitative estimate of drug-likeness (QED) is 0.809. The number of hydrogen-bond donors (Lipinski definition) is 0. The van der Waals surface area contributed by atoms with Gasteiger partial charge in [-0.05, 0) is 25.0 Å². The number of nitriles is 1. The van der Waals surface area contributed by atoms with Crippen molar-refractivity contribution in [2.75, 3.05) is 18.0 Å². The molecule has 1 fully saturated rings. The molecule has 0 spiro atoms. The van der Waals surface area contributed by atoms with E-state index in [-0.39, 0.29) is 0 Å². The first kappa shape index (κ1) is 11.7. The van der Waals surface area contributed by atoms with Crippen LogP contribution in [0.25, 0.3) is 0 Å². The number of nitrogens with zero attached hydrogens (tertiary/aromatic N) is 6. The third kappa shape index (κ3) is 2.40. The molecule has 0 saturated carbocycles. The SMILES string of the molecule is N#Cc1cccc(N2CCC(n3ccnn3)CC2)n1. The minimum atomic E-state index is 0.415. The zero-order valence-electron chi connectivity index (χ0n) is 10.5. The van der Waals surface area contributed by atoms with Gasteiger partial charge in [-0.15, -0.1) is 5.10 Å². The van der Waals surface area contributed by atoms with Gasteiger partial charge in [0.2, 0.25) is 0 Å². The van der Waals surface area contributed by atoms with Crippen molar-refractivity contribution in [1.29, 1.82) is 5.26 Å². The van der Waals surface area contributed by atoms with Crippen molar-refractivity contribution < 1.29 is 0 Å². The second-order valence-corrected chi connectivity index (χ2v) is 4.59. The van der Waals surface area contributed by atoms with Crippen LogP contribution in [0.1, 0.15) is 24.6 Å². The average molecular weight is 254 g/mol. The molecule has 1 saturated heterocycles. The Morgan fingerprint density at radius 3 is 2.79 bits per heavy atom. The van der Waals surface area contributed by atoms with E-state index in [4.69, 9.17) is 5.26 Å². The van der Waals surface area contributed by atoms with E-state index in [0.29, 0.717) is 11.7 Å². The molecule has 0 bridgehead atoms. The first-order valence-electron chi connectivity index (χ1n) is 6.35. The van der Waals surface area contributed by atoms with E-state index in [2.05, 4.69) is 26.3 Å². The van der Waals surface area contributed by atoms with Crippen LogP contribution in [0.15, 0.2) is 30.6 Å². The van der Waals surface area contributed by atoms with Crippen molar-refractivity contribution in [3.8, 4) is 6.07 Å². The lowest BCUT2D eigenvalue weighted by Gasteiger charge is -2.32. The number of anilines is 1. The van der Waals surface area contributed by atoms with Crippen LogP contribution in [-0.4, -0.2) is 33.1 Å². The molecule has 6 heteroatoms. The Morgan fingerprint density at radius 2 is 2.11 bits per heavy atom. The molecule has 19 heavy (non-hydrogen) atoms. The van der Waals surface area contributed by atoms with Crippen LogP contribution in [0.3, 0.4) is 0 Å². The fourth-order valence-electron chi connectivity index (χ4n) is 2.43.